The number of amides is 1. The quantitative estimate of drug-likeness (QED) is 0.802. The predicted molar refractivity (Wildman–Crippen MR) is 65.8 cm³/mol. The Morgan fingerprint density at radius 2 is 2.00 bits per heavy atom. The lowest BCUT2D eigenvalue weighted by molar-refractivity contribution is -0.228. The lowest BCUT2D eigenvalue weighted by Gasteiger charge is -2.35. The number of ether oxygens (including phenoxy) is 1. The van der Waals surface area contributed by atoms with Crippen molar-refractivity contribution < 1.29 is 37.0 Å². The molecule has 1 saturated carbocycles. The minimum absolute atomic E-state index is 0.0480. The molecule has 1 N–H and O–H groups in total. The molecule has 2 rings (SSSR count). The summed E-state index contributed by atoms with van der Waals surface area (Å²) in [6, 6.07) is -1.55. The van der Waals surface area contributed by atoms with E-state index < -0.39 is 67.6 Å². The highest BCUT2D eigenvalue weighted by Crippen LogP contribution is 2.53. The van der Waals surface area contributed by atoms with Crippen molar-refractivity contribution in [3.05, 3.63) is 0 Å². The van der Waals surface area contributed by atoms with Crippen LogP contribution in [0.4, 0.5) is 17.6 Å². The molecule has 0 spiro atoms. The molecule has 1 aliphatic heterocycles. The summed E-state index contributed by atoms with van der Waals surface area (Å²) in [7, 11) is 1.26. The van der Waals surface area contributed by atoms with E-state index >= 15 is 0 Å². The van der Waals surface area contributed by atoms with Crippen LogP contribution in [-0.2, 0) is 14.3 Å². The number of hydrogen-bond donors (Lipinski definition) is 1. The van der Waals surface area contributed by atoms with Crippen molar-refractivity contribution in [3.63, 3.8) is 0 Å². The van der Waals surface area contributed by atoms with Crippen molar-refractivity contribution in [2.45, 2.75) is 50.2 Å². The van der Waals surface area contributed by atoms with Gasteiger partial charge in [-0.1, -0.05) is 0 Å². The van der Waals surface area contributed by atoms with Crippen molar-refractivity contribution in [3.8, 4) is 0 Å². The minimum atomic E-state index is -4.84. The molecule has 0 unspecified atom stereocenters. The molecule has 0 aromatic heterocycles. The van der Waals surface area contributed by atoms with Crippen molar-refractivity contribution in [2.75, 3.05) is 13.7 Å². The van der Waals surface area contributed by atoms with Gasteiger partial charge in [0.1, 0.15) is 17.6 Å². The Bertz CT molecular complexity index is 469. The molecule has 0 bridgehead atoms. The Labute approximate surface area is 124 Å². The monoisotopic (exact) mass is 327 g/mol. The molecular formula is C13H17F4NO4. The van der Waals surface area contributed by atoms with E-state index in [0.29, 0.717) is 4.90 Å². The first-order chi connectivity index (χ1) is 10.1. The standard InChI is InChI=1S/C13H17F4NO4/c1-22-8-2-3-12(5-8,13(15,16)17)11(21)18-6-7(14)4-9(18)10(19)20/h7-9H,2-6H2,1H3,(H,19,20)/t7-,8-,9+,12-/m1/s1. The average Bonchev–Trinajstić information content (AvgIpc) is 3.01. The zero-order chi connectivity index (χ0) is 16.7. The molecule has 0 aromatic rings. The summed E-state index contributed by atoms with van der Waals surface area (Å²) in [5.41, 5.74) is -2.69. The van der Waals surface area contributed by atoms with Crippen LogP contribution in [0, 0.1) is 5.41 Å². The van der Waals surface area contributed by atoms with E-state index in [-0.39, 0.29) is 6.42 Å². The second-order valence-corrected chi connectivity index (χ2v) is 5.82. The predicted octanol–water partition coefficient (Wildman–Crippen LogP) is 1.76. The van der Waals surface area contributed by atoms with E-state index in [0.717, 1.165) is 0 Å². The number of carbonyl (C=O) groups is 2. The van der Waals surface area contributed by atoms with E-state index in [1.807, 2.05) is 0 Å². The van der Waals surface area contributed by atoms with Gasteiger partial charge in [-0.15, -0.1) is 0 Å². The molecule has 5 nitrogen and oxygen atoms in total. The van der Waals surface area contributed by atoms with Crippen LogP contribution in [-0.4, -0.2) is 60.0 Å². The molecular weight excluding hydrogens is 310 g/mol. The molecule has 1 aliphatic carbocycles. The van der Waals surface area contributed by atoms with E-state index in [1.165, 1.54) is 7.11 Å². The normalized spacial score (nSPS) is 35.9. The van der Waals surface area contributed by atoms with Crippen LogP contribution < -0.4 is 0 Å². The highest BCUT2D eigenvalue weighted by molar-refractivity contribution is 5.89. The summed E-state index contributed by atoms with van der Waals surface area (Å²) >= 11 is 0. The van der Waals surface area contributed by atoms with Crippen molar-refractivity contribution in [2.24, 2.45) is 5.41 Å². The summed E-state index contributed by atoms with van der Waals surface area (Å²) in [6.45, 7) is -0.620. The Hall–Kier alpha value is -1.38. The maximum atomic E-state index is 13.5. The molecule has 9 heteroatoms. The van der Waals surface area contributed by atoms with Crippen molar-refractivity contribution in [1.82, 2.24) is 4.90 Å². The number of carboxylic acid groups (broad SMARTS) is 1. The summed E-state index contributed by atoms with van der Waals surface area (Å²) in [6.07, 6.45) is -8.67. The van der Waals surface area contributed by atoms with Gasteiger partial charge in [0, 0.05) is 13.5 Å². The van der Waals surface area contributed by atoms with Gasteiger partial charge in [-0.05, 0) is 19.3 Å². The summed E-state index contributed by atoms with van der Waals surface area (Å²) < 4.78 is 58.9. The van der Waals surface area contributed by atoms with Gasteiger partial charge in [0.15, 0.2) is 0 Å². The Morgan fingerprint density at radius 1 is 1.36 bits per heavy atom. The van der Waals surface area contributed by atoms with Gasteiger partial charge < -0.3 is 14.7 Å². The lowest BCUT2D eigenvalue weighted by Crippen LogP contribution is -2.54. The number of likely N-dealkylation sites (tertiary alicyclic amines) is 1. The van der Waals surface area contributed by atoms with E-state index in [4.69, 9.17) is 9.84 Å². The fraction of sp³-hybridized carbons (Fsp3) is 0.846. The minimum Gasteiger partial charge on any atom is -0.480 e. The van der Waals surface area contributed by atoms with Gasteiger partial charge in [0.05, 0.1) is 12.6 Å². The van der Waals surface area contributed by atoms with Crippen LogP contribution in [0.15, 0.2) is 0 Å². The molecule has 1 heterocycles. The van der Waals surface area contributed by atoms with Crippen molar-refractivity contribution >= 4 is 11.9 Å². The number of alkyl halides is 4. The van der Waals surface area contributed by atoms with Crippen LogP contribution in [0.2, 0.25) is 0 Å². The van der Waals surface area contributed by atoms with E-state index in [9.17, 15) is 27.2 Å². The third-order valence-electron chi connectivity index (χ3n) is 4.55. The lowest BCUT2D eigenvalue weighted by atomic mass is 9.83. The first-order valence-electron chi connectivity index (χ1n) is 6.90. The Kier molecular flexibility index (Phi) is 4.38. The molecule has 126 valence electrons. The first-order valence-corrected chi connectivity index (χ1v) is 6.90. The second-order valence-electron chi connectivity index (χ2n) is 5.82. The fourth-order valence-corrected chi connectivity index (χ4v) is 3.29. The highest BCUT2D eigenvalue weighted by atomic mass is 19.4. The van der Waals surface area contributed by atoms with Crippen LogP contribution in [0.5, 0.6) is 0 Å². The molecule has 0 radical (unpaired) electrons. The number of aliphatic carboxylic acids is 1. The summed E-state index contributed by atoms with van der Waals surface area (Å²) in [5, 5.41) is 9.01. The highest BCUT2D eigenvalue weighted by Gasteiger charge is 2.65. The molecule has 1 amide bonds. The van der Waals surface area contributed by atoms with Gasteiger partial charge in [-0.2, -0.15) is 13.2 Å². The smallest absolute Gasteiger partial charge is 0.403 e. The number of nitrogens with zero attached hydrogens (tertiary/aromatic N) is 1. The molecule has 4 atom stereocenters. The second kappa shape index (κ2) is 5.68. The van der Waals surface area contributed by atoms with Crippen LogP contribution in [0.3, 0.4) is 0 Å². The number of halogens is 4. The third-order valence-corrected chi connectivity index (χ3v) is 4.55. The fourth-order valence-electron chi connectivity index (χ4n) is 3.29. The third kappa shape index (κ3) is 2.66. The van der Waals surface area contributed by atoms with Gasteiger partial charge in [0.2, 0.25) is 5.91 Å². The molecule has 0 aromatic carbocycles. The zero-order valence-corrected chi connectivity index (χ0v) is 11.9. The largest absolute Gasteiger partial charge is 0.480 e. The maximum absolute atomic E-state index is 13.5. The van der Waals surface area contributed by atoms with E-state index in [1.54, 1.807) is 0 Å². The summed E-state index contributed by atoms with van der Waals surface area (Å²) in [4.78, 5) is 24.1. The van der Waals surface area contributed by atoms with Crippen molar-refractivity contribution in [1.29, 1.82) is 0 Å². The topological polar surface area (TPSA) is 66.8 Å². The van der Waals surface area contributed by atoms with Crippen LogP contribution >= 0.6 is 0 Å². The van der Waals surface area contributed by atoms with Gasteiger partial charge >= 0.3 is 12.1 Å². The van der Waals surface area contributed by atoms with Gasteiger partial charge in [-0.25, -0.2) is 9.18 Å². The van der Waals surface area contributed by atoms with Gasteiger partial charge in [-0.3, -0.25) is 4.79 Å². The Morgan fingerprint density at radius 3 is 2.45 bits per heavy atom. The molecule has 2 aliphatic rings. The molecule has 2 fully saturated rings. The number of hydrogen-bond acceptors (Lipinski definition) is 3. The number of methoxy groups -OCH3 is 1. The SMILES string of the molecule is CO[C@@H]1CC[C@@](C(=O)N2C[C@H](F)C[C@H]2C(=O)O)(C(F)(F)F)C1. The first kappa shape index (κ1) is 17.0. The zero-order valence-electron chi connectivity index (χ0n) is 11.9. The van der Waals surface area contributed by atoms with Crippen LogP contribution in [0.25, 0.3) is 0 Å². The maximum Gasteiger partial charge on any atom is 0.403 e. The summed E-state index contributed by atoms with van der Waals surface area (Å²) in [5.74, 6) is -2.85. The van der Waals surface area contributed by atoms with E-state index in [2.05, 4.69) is 0 Å². The average molecular weight is 327 g/mol. The number of rotatable bonds is 3. The molecule has 22 heavy (non-hydrogen) atoms. The van der Waals surface area contributed by atoms with Gasteiger partial charge in [0.25, 0.3) is 0 Å². The molecule has 1 saturated heterocycles. The number of carboxylic acids is 1. The number of carbonyl (C=O) groups excluding carboxylic acids is 1. The Balaban J connectivity index is 2.33. The van der Waals surface area contributed by atoms with Crippen LogP contribution in [0.1, 0.15) is 25.7 Å².